The van der Waals surface area contributed by atoms with Crippen molar-refractivity contribution in [2.45, 2.75) is 24.9 Å². The van der Waals surface area contributed by atoms with Crippen LogP contribution in [0.2, 0.25) is 0 Å². The van der Waals surface area contributed by atoms with E-state index in [1.165, 1.54) is 32.4 Å². The number of benzene rings is 2. The minimum Gasteiger partial charge on any atom is -0.496 e. The highest BCUT2D eigenvalue weighted by atomic mass is 16.6. The molecule has 1 saturated heterocycles. The number of likely N-dealkylation sites (tertiary alicyclic amines) is 1. The van der Waals surface area contributed by atoms with Crippen molar-refractivity contribution < 1.29 is 28.7 Å². The number of carbonyl (C=O) groups is 2. The monoisotopic (exact) mass is 452 g/mol. The van der Waals surface area contributed by atoms with Crippen molar-refractivity contribution in [3.63, 3.8) is 0 Å². The van der Waals surface area contributed by atoms with Crippen LogP contribution in [0.15, 0.2) is 42.5 Å². The van der Waals surface area contributed by atoms with Gasteiger partial charge in [-0.15, -0.1) is 0 Å². The molecule has 1 amide bonds. The van der Waals surface area contributed by atoms with Gasteiger partial charge in [0.25, 0.3) is 5.69 Å². The van der Waals surface area contributed by atoms with E-state index in [1.54, 1.807) is 35.2 Å². The molecule has 9 heteroatoms. The summed E-state index contributed by atoms with van der Waals surface area (Å²) in [6.45, 7) is 0.903. The van der Waals surface area contributed by atoms with Gasteiger partial charge in [0.1, 0.15) is 28.4 Å². The number of ether oxygens (including phenoxy) is 3. The Morgan fingerprint density at radius 1 is 1.15 bits per heavy atom. The van der Waals surface area contributed by atoms with Crippen molar-refractivity contribution in [2.24, 2.45) is 0 Å². The number of nitro benzene ring substituents is 1. The molecular formula is C24H24N2O7. The third kappa shape index (κ3) is 4.52. The normalized spacial score (nSPS) is 16.9. The lowest BCUT2D eigenvalue weighted by atomic mass is 9.82. The molecule has 0 atom stereocenters. The fourth-order valence-corrected chi connectivity index (χ4v) is 4.24. The smallest absolute Gasteiger partial charge is 0.269 e. The number of Topliss-reactive ketones (excluding diaryl/α,β-unsaturated/α-hetero) is 1. The Balaban J connectivity index is 1.42. The van der Waals surface area contributed by atoms with Crippen LogP contribution in [-0.2, 0) is 4.79 Å². The van der Waals surface area contributed by atoms with Crippen LogP contribution in [-0.4, -0.2) is 54.4 Å². The largest absolute Gasteiger partial charge is 0.496 e. The zero-order valence-electron chi connectivity index (χ0n) is 18.4. The number of nitro groups is 1. The first-order valence-corrected chi connectivity index (χ1v) is 10.5. The molecule has 2 heterocycles. The van der Waals surface area contributed by atoms with Crippen molar-refractivity contribution in [3.8, 4) is 17.2 Å². The van der Waals surface area contributed by atoms with Crippen molar-refractivity contribution in [2.75, 3.05) is 27.3 Å². The standard InChI is InChI=1S/C24H24N2O7/c1-31-18-13-20(32-2)23-19(27)15-24(33-21(23)14-18)9-11-25(12-10-24)22(28)8-5-16-3-6-17(7-4-16)26(29)30/h3-8,13-14H,9-12,15H2,1-2H3/b8-5+. The van der Waals surface area contributed by atoms with E-state index >= 15 is 0 Å². The molecule has 4 rings (SSSR count). The Hall–Kier alpha value is -3.88. The predicted octanol–water partition coefficient (Wildman–Crippen LogP) is 3.65. The Kier molecular flexibility index (Phi) is 6.04. The Morgan fingerprint density at radius 2 is 1.85 bits per heavy atom. The molecule has 2 aliphatic rings. The van der Waals surface area contributed by atoms with Gasteiger partial charge in [0.05, 0.1) is 25.6 Å². The molecule has 2 aliphatic heterocycles. The van der Waals surface area contributed by atoms with E-state index in [0.717, 1.165) is 0 Å². The summed E-state index contributed by atoms with van der Waals surface area (Å²) in [6, 6.07) is 9.34. The molecule has 2 aromatic carbocycles. The highest BCUT2D eigenvalue weighted by Gasteiger charge is 2.44. The zero-order valence-corrected chi connectivity index (χ0v) is 18.4. The molecule has 0 bridgehead atoms. The van der Waals surface area contributed by atoms with Crippen LogP contribution in [0.1, 0.15) is 35.2 Å². The second-order valence-electron chi connectivity index (χ2n) is 8.10. The number of piperidine rings is 1. The van der Waals surface area contributed by atoms with Crippen molar-refractivity contribution in [1.82, 2.24) is 4.90 Å². The zero-order chi connectivity index (χ0) is 23.6. The van der Waals surface area contributed by atoms with E-state index in [1.807, 2.05) is 0 Å². The molecule has 1 spiro atoms. The average Bonchev–Trinajstić information content (AvgIpc) is 2.82. The van der Waals surface area contributed by atoms with E-state index in [9.17, 15) is 19.7 Å². The molecule has 0 saturated carbocycles. The molecule has 0 aromatic heterocycles. The molecular weight excluding hydrogens is 428 g/mol. The first-order valence-electron chi connectivity index (χ1n) is 10.5. The number of non-ortho nitro benzene ring substituents is 1. The van der Waals surface area contributed by atoms with Gasteiger partial charge in [-0.25, -0.2) is 0 Å². The Morgan fingerprint density at radius 3 is 2.45 bits per heavy atom. The van der Waals surface area contributed by atoms with Gasteiger partial charge in [0.15, 0.2) is 5.78 Å². The van der Waals surface area contributed by atoms with Gasteiger partial charge in [0, 0.05) is 56.3 Å². The molecule has 0 N–H and O–H groups in total. The van der Waals surface area contributed by atoms with Crippen LogP contribution < -0.4 is 14.2 Å². The summed E-state index contributed by atoms with van der Waals surface area (Å²) in [5, 5.41) is 10.7. The van der Waals surface area contributed by atoms with Crippen LogP contribution in [0.25, 0.3) is 6.08 Å². The number of rotatable bonds is 5. The molecule has 2 aromatic rings. The first-order chi connectivity index (χ1) is 15.8. The summed E-state index contributed by atoms with van der Waals surface area (Å²) >= 11 is 0. The van der Waals surface area contributed by atoms with Crippen LogP contribution in [0.5, 0.6) is 17.2 Å². The van der Waals surface area contributed by atoms with Gasteiger partial charge < -0.3 is 19.1 Å². The van der Waals surface area contributed by atoms with Gasteiger partial charge in [0.2, 0.25) is 5.91 Å². The maximum atomic E-state index is 12.9. The third-order valence-electron chi connectivity index (χ3n) is 6.09. The number of amides is 1. The van der Waals surface area contributed by atoms with Gasteiger partial charge >= 0.3 is 0 Å². The molecule has 0 unspecified atom stereocenters. The lowest BCUT2D eigenvalue weighted by molar-refractivity contribution is -0.384. The molecule has 9 nitrogen and oxygen atoms in total. The second kappa shape index (κ2) is 8.93. The summed E-state index contributed by atoms with van der Waals surface area (Å²) < 4.78 is 17.0. The van der Waals surface area contributed by atoms with Gasteiger partial charge in [-0.3, -0.25) is 19.7 Å². The molecule has 0 aliphatic carbocycles. The number of fused-ring (bicyclic) bond motifs is 1. The second-order valence-corrected chi connectivity index (χ2v) is 8.10. The number of methoxy groups -OCH3 is 2. The summed E-state index contributed by atoms with van der Waals surface area (Å²) in [7, 11) is 3.04. The highest BCUT2D eigenvalue weighted by Crippen LogP contribution is 2.44. The lowest BCUT2D eigenvalue weighted by Crippen LogP contribution is -2.52. The van der Waals surface area contributed by atoms with E-state index in [2.05, 4.69) is 0 Å². The third-order valence-corrected chi connectivity index (χ3v) is 6.09. The van der Waals surface area contributed by atoms with Gasteiger partial charge in [-0.1, -0.05) is 0 Å². The topological polar surface area (TPSA) is 108 Å². The summed E-state index contributed by atoms with van der Waals surface area (Å²) in [6.07, 6.45) is 4.36. The minimum absolute atomic E-state index is 0.00125. The van der Waals surface area contributed by atoms with Crippen molar-refractivity contribution in [1.29, 1.82) is 0 Å². The van der Waals surface area contributed by atoms with Crippen LogP contribution in [0.3, 0.4) is 0 Å². The number of nitrogens with zero attached hydrogens (tertiary/aromatic N) is 2. The number of hydrogen-bond donors (Lipinski definition) is 0. The molecule has 33 heavy (non-hydrogen) atoms. The van der Waals surface area contributed by atoms with Crippen LogP contribution >= 0.6 is 0 Å². The van der Waals surface area contributed by atoms with Gasteiger partial charge in [-0.05, 0) is 23.8 Å². The Bertz CT molecular complexity index is 1120. The molecule has 0 radical (unpaired) electrons. The summed E-state index contributed by atoms with van der Waals surface area (Å²) in [5.41, 5.74) is 0.454. The molecule has 1 fully saturated rings. The van der Waals surface area contributed by atoms with Crippen LogP contribution in [0.4, 0.5) is 5.69 Å². The number of hydrogen-bond acceptors (Lipinski definition) is 7. The quantitative estimate of drug-likeness (QED) is 0.387. The first kappa shape index (κ1) is 22.3. The van der Waals surface area contributed by atoms with Gasteiger partial charge in [-0.2, -0.15) is 0 Å². The Labute approximate surface area is 190 Å². The van der Waals surface area contributed by atoms with E-state index in [4.69, 9.17) is 14.2 Å². The van der Waals surface area contributed by atoms with E-state index in [-0.39, 0.29) is 23.8 Å². The fourth-order valence-electron chi connectivity index (χ4n) is 4.24. The maximum Gasteiger partial charge on any atom is 0.269 e. The van der Waals surface area contributed by atoms with Crippen LogP contribution in [0, 0.1) is 10.1 Å². The van der Waals surface area contributed by atoms with E-state index in [0.29, 0.717) is 54.3 Å². The number of carbonyl (C=O) groups excluding carboxylic acids is 2. The maximum absolute atomic E-state index is 12.9. The minimum atomic E-state index is -0.666. The average molecular weight is 452 g/mol. The summed E-state index contributed by atoms with van der Waals surface area (Å²) in [4.78, 5) is 37.6. The number of ketones is 1. The van der Waals surface area contributed by atoms with Crippen molar-refractivity contribution in [3.05, 3.63) is 63.7 Å². The van der Waals surface area contributed by atoms with Crippen molar-refractivity contribution >= 4 is 23.5 Å². The highest BCUT2D eigenvalue weighted by molar-refractivity contribution is 6.03. The SMILES string of the molecule is COc1cc(OC)c2c(c1)OC1(CCN(C(=O)/C=C/c3ccc([N+](=O)[O-])cc3)CC1)CC2=O. The fraction of sp³-hybridized carbons (Fsp3) is 0.333. The summed E-state index contributed by atoms with van der Waals surface area (Å²) in [5.74, 6) is 1.20. The molecule has 172 valence electrons. The van der Waals surface area contributed by atoms with E-state index < -0.39 is 10.5 Å². The lowest BCUT2D eigenvalue weighted by Gasteiger charge is -2.44. The predicted molar refractivity (Wildman–Crippen MR) is 120 cm³/mol.